The minimum absolute atomic E-state index is 0.222. The van der Waals surface area contributed by atoms with E-state index in [0.717, 1.165) is 0 Å². The fourth-order valence-electron chi connectivity index (χ4n) is 0. The van der Waals surface area contributed by atoms with Crippen molar-refractivity contribution in [1.82, 2.24) is 0 Å². The highest BCUT2D eigenvalue weighted by Gasteiger charge is 1.82. The van der Waals surface area contributed by atoms with E-state index in [1.807, 2.05) is 0 Å². The van der Waals surface area contributed by atoms with Crippen LogP contribution in [0.4, 0.5) is 8.78 Å². The minimum atomic E-state index is -2.16. The summed E-state index contributed by atoms with van der Waals surface area (Å²) in [6, 6.07) is -2.16. The van der Waals surface area contributed by atoms with Crippen LogP contribution >= 0.6 is 0 Å². The average molecular weight is 78.0 g/mol. The predicted molar refractivity (Wildman–Crippen MR) is 9.66 cm³/mol. The monoisotopic (exact) mass is 78.0 g/mol. The molecule has 0 fully saturated rings. The van der Waals surface area contributed by atoms with Gasteiger partial charge < -0.3 is 0 Å². The molecule has 0 aliphatic rings. The van der Waals surface area contributed by atoms with E-state index in [0.29, 0.717) is 0 Å². The van der Waals surface area contributed by atoms with Gasteiger partial charge in [0.2, 0.25) is 6.33 Å². The van der Waals surface area contributed by atoms with Gasteiger partial charge >= 0.3 is 6.01 Å². The molecule has 3 heteroatoms. The smallest absolute Gasteiger partial charge is 0.252 e. The van der Waals surface area contributed by atoms with Crippen LogP contribution in [0.2, 0.25) is 0 Å². The second-order valence-electron chi connectivity index (χ2n) is 0.368. The van der Waals surface area contributed by atoms with Gasteiger partial charge in [0.15, 0.2) is 0 Å². The molecule has 1 nitrogen and oxygen atoms in total. The third kappa shape index (κ3) is 3.40. The Bertz CT molecular complexity index is 45.6. The first kappa shape index (κ1) is 4.40. The number of halogens is 2. The van der Waals surface area contributed by atoms with Gasteiger partial charge in [-0.15, -0.1) is 0 Å². The van der Waals surface area contributed by atoms with E-state index in [9.17, 15) is 8.78 Å². The van der Waals surface area contributed by atoms with Crippen molar-refractivity contribution in [2.75, 3.05) is 0 Å². The Hall–Kier alpha value is -0.600. The first-order chi connectivity index (χ1) is 2.27. The lowest BCUT2D eigenvalue weighted by molar-refractivity contribution is 0.185. The zero-order chi connectivity index (χ0) is 4.28. The van der Waals surface area contributed by atoms with Crippen molar-refractivity contribution in [1.29, 1.82) is 0 Å². The molecule has 0 aromatic heterocycles. The summed E-state index contributed by atoms with van der Waals surface area (Å²) in [6.07, 6.45) is 0.222. The third-order valence-electron chi connectivity index (χ3n) is 0.0743. The molecule has 0 spiro atoms. The van der Waals surface area contributed by atoms with Crippen molar-refractivity contribution in [3.63, 3.8) is 0 Å². The van der Waals surface area contributed by atoms with E-state index < -0.39 is 6.01 Å². The molecule has 0 unspecified atom stereocenters. The van der Waals surface area contributed by atoms with Gasteiger partial charge in [-0.25, -0.2) is 0 Å². The lowest BCUT2D eigenvalue weighted by atomic mass is 11.1. The molecule has 0 N–H and O–H groups in total. The molecule has 5 heavy (non-hydrogen) atoms. The van der Waals surface area contributed by atoms with Crippen molar-refractivity contribution in [2.24, 2.45) is 0 Å². The van der Waals surface area contributed by atoms with E-state index in [1.54, 1.807) is 0 Å². The van der Waals surface area contributed by atoms with Crippen LogP contribution in [-0.4, -0.2) is 0 Å². The molecule has 0 aromatic carbocycles. The molecule has 0 aliphatic heterocycles. The Morgan fingerprint density at radius 2 is 2.00 bits per heavy atom. The Morgan fingerprint density at radius 3 is 2.00 bits per heavy atom. The largest absolute Gasteiger partial charge is 0.363 e. The van der Waals surface area contributed by atoms with Gasteiger partial charge in [-0.3, -0.25) is 5.11 Å². The highest BCUT2D eigenvalue weighted by Crippen LogP contribution is 1.84. The zero-order valence-corrected chi connectivity index (χ0v) is 2.16. The molecule has 28 valence electrons. The zero-order valence-electron chi connectivity index (χ0n) is 2.16. The van der Waals surface area contributed by atoms with Gasteiger partial charge in [-0.2, -0.15) is 8.78 Å². The quantitative estimate of drug-likeness (QED) is 0.384. The van der Waals surface area contributed by atoms with E-state index >= 15 is 0 Å². The van der Waals surface area contributed by atoms with Crippen molar-refractivity contribution >= 4 is 0 Å². The summed E-state index contributed by atoms with van der Waals surface area (Å²) in [6.45, 7) is 0. The predicted octanol–water partition coefficient (Wildman–Crippen LogP) is 0.958. The normalized spacial score (nSPS) is 12.0. The standard InChI is InChI=1S/C2F2O/c3-1-2(4)5. The number of hydrogen-bond donors (Lipinski definition) is 0. The lowest BCUT2D eigenvalue weighted by Gasteiger charge is -1.57. The van der Waals surface area contributed by atoms with Crippen LogP contribution in [0.5, 0.6) is 0 Å². The molecule has 0 amide bonds. The fraction of sp³-hybridized carbons (Fsp3) is 0. The highest BCUT2D eigenvalue weighted by molar-refractivity contribution is 4.55. The molecule has 2 radical (unpaired) electrons. The van der Waals surface area contributed by atoms with E-state index in [4.69, 9.17) is 5.11 Å². The summed E-state index contributed by atoms with van der Waals surface area (Å²) in [5.74, 6) is 0. The molecular formula is C2F2O. The van der Waals surface area contributed by atoms with Crippen molar-refractivity contribution < 1.29 is 13.9 Å². The third-order valence-corrected chi connectivity index (χ3v) is 0.0743. The van der Waals surface area contributed by atoms with Gasteiger partial charge in [0.25, 0.3) is 0 Å². The summed E-state index contributed by atoms with van der Waals surface area (Å²) in [5, 5.41) is 8.66. The molecular weight excluding hydrogens is 78.0 g/mol. The molecule has 0 bridgehead atoms. The van der Waals surface area contributed by atoms with Gasteiger partial charge in [0.05, 0.1) is 0 Å². The van der Waals surface area contributed by atoms with Gasteiger partial charge in [0.1, 0.15) is 0 Å². The van der Waals surface area contributed by atoms with Crippen LogP contribution in [0, 0.1) is 6.33 Å². The van der Waals surface area contributed by atoms with E-state index in [-0.39, 0.29) is 6.33 Å². The maximum absolute atomic E-state index is 10.3. The fourth-order valence-corrected chi connectivity index (χ4v) is 0. The van der Waals surface area contributed by atoms with Crippen LogP contribution in [0.15, 0.2) is 6.01 Å². The first-order valence-corrected chi connectivity index (χ1v) is 0.832. The van der Waals surface area contributed by atoms with Crippen molar-refractivity contribution in [3.8, 4) is 0 Å². The maximum Gasteiger partial charge on any atom is 0.363 e. The number of hydrogen-bond acceptors (Lipinski definition) is 0. The van der Waals surface area contributed by atoms with Crippen LogP contribution < -0.4 is 0 Å². The Kier molecular flexibility index (Phi) is 1.49. The molecule has 0 rings (SSSR count). The lowest BCUT2D eigenvalue weighted by Crippen LogP contribution is -1.53. The molecule has 0 heterocycles. The van der Waals surface area contributed by atoms with Crippen LogP contribution in [0.3, 0.4) is 0 Å². The Morgan fingerprint density at radius 1 is 1.80 bits per heavy atom. The molecule has 0 atom stereocenters. The average Bonchev–Trinajstić information content (AvgIpc) is 1.38. The van der Waals surface area contributed by atoms with Gasteiger partial charge in [-0.1, -0.05) is 0 Å². The molecule has 0 saturated carbocycles. The summed E-state index contributed by atoms with van der Waals surface area (Å²) >= 11 is 0. The second kappa shape index (κ2) is 1.69. The first-order valence-electron chi connectivity index (χ1n) is 0.832. The van der Waals surface area contributed by atoms with Gasteiger partial charge in [-0.05, 0) is 0 Å². The summed E-state index contributed by atoms with van der Waals surface area (Å²) in [5.41, 5.74) is 0. The highest BCUT2D eigenvalue weighted by atomic mass is 19.2. The van der Waals surface area contributed by atoms with E-state index in [2.05, 4.69) is 0 Å². The molecule has 0 aliphatic carbocycles. The Labute approximate surface area is 27.5 Å². The minimum Gasteiger partial charge on any atom is -0.252 e. The Balaban J connectivity index is 3.14. The van der Waals surface area contributed by atoms with Crippen LogP contribution in [0.1, 0.15) is 0 Å². The second-order valence-corrected chi connectivity index (χ2v) is 0.368. The number of rotatable bonds is 0. The van der Waals surface area contributed by atoms with E-state index in [1.165, 1.54) is 0 Å². The summed E-state index contributed by atoms with van der Waals surface area (Å²) < 4.78 is 20.4. The molecule has 0 saturated heterocycles. The summed E-state index contributed by atoms with van der Waals surface area (Å²) in [7, 11) is 0. The summed E-state index contributed by atoms with van der Waals surface area (Å²) in [4.78, 5) is 0. The van der Waals surface area contributed by atoms with Crippen LogP contribution in [0.25, 0.3) is 0 Å². The van der Waals surface area contributed by atoms with Crippen molar-refractivity contribution in [2.45, 2.75) is 0 Å². The van der Waals surface area contributed by atoms with Gasteiger partial charge in [0, 0.05) is 0 Å². The maximum atomic E-state index is 10.3. The topological polar surface area (TPSA) is 19.9 Å². The molecule has 0 aromatic rings. The SMILES string of the molecule is [O]/C(F)=[C]\F. The van der Waals surface area contributed by atoms with Crippen molar-refractivity contribution in [3.05, 3.63) is 12.3 Å². The van der Waals surface area contributed by atoms with Crippen LogP contribution in [-0.2, 0) is 5.11 Å².